The summed E-state index contributed by atoms with van der Waals surface area (Å²) < 4.78 is 12.8. The van der Waals surface area contributed by atoms with E-state index in [1.807, 2.05) is 45.2 Å². The number of aliphatic hydroxyl groups excluding tert-OH is 1. The maximum absolute atomic E-state index is 14.5. The third-order valence-corrected chi connectivity index (χ3v) is 10.5. The third-order valence-electron chi connectivity index (χ3n) is 9.81. The summed E-state index contributed by atoms with van der Waals surface area (Å²) in [5.41, 5.74) is 8.83. The zero-order chi connectivity index (χ0) is 39.9. The van der Waals surface area contributed by atoms with Crippen LogP contribution in [0.15, 0.2) is 60.7 Å². The molecule has 1 aliphatic rings. The monoisotopic (exact) mass is 797 g/mol. The molecule has 0 saturated heterocycles. The minimum Gasteiger partial charge on any atom is -0.490 e. The lowest BCUT2D eigenvalue weighted by atomic mass is 10.0. The SMILES string of the molecule is C[C@@H]1CCCCO[C@@H](CN(C)Cc2ccc(Cl)c(Cl)c2)[C@@H](C)CN([C@H](C)CO)C(=O)c2cc(NC(=O)CCCCCC(=O)Nc3ccccc3N)ccc2O1. The maximum Gasteiger partial charge on any atom is 0.258 e. The molecule has 0 aromatic heterocycles. The molecule has 3 aromatic rings. The predicted octanol–water partition coefficient (Wildman–Crippen LogP) is 8.03. The van der Waals surface area contributed by atoms with Crippen LogP contribution in [0.4, 0.5) is 17.1 Å². The van der Waals surface area contributed by atoms with E-state index in [1.165, 1.54) is 0 Å². The Morgan fingerprint density at radius 2 is 1.71 bits per heavy atom. The van der Waals surface area contributed by atoms with Crippen molar-refractivity contribution >= 4 is 58.0 Å². The van der Waals surface area contributed by atoms with Crippen LogP contribution >= 0.6 is 23.2 Å². The van der Waals surface area contributed by atoms with E-state index in [4.69, 9.17) is 38.4 Å². The Balaban J connectivity index is 1.43. The van der Waals surface area contributed by atoms with Gasteiger partial charge in [0.2, 0.25) is 11.8 Å². The average Bonchev–Trinajstić information content (AvgIpc) is 3.15. The number of carbonyl (C=O) groups excluding carboxylic acids is 3. The summed E-state index contributed by atoms with van der Waals surface area (Å²) in [6, 6.07) is 17.4. The molecule has 0 fully saturated rings. The number of aliphatic hydroxyl groups is 1. The number of amides is 3. The molecule has 3 amide bonds. The summed E-state index contributed by atoms with van der Waals surface area (Å²) in [4.78, 5) is 43.7. The summed E-state index contributed by atoms with van der Waals surface area (Å²) >= 11 is 12.4. The van der Waals surface area contributed by atoms with Gasteiger partial charge in [0.05, 0.1) is 51.8 Å². The van der Waals surface area contributed by atoms with Crippen molar-refractivity contribution in [3.63, 3.8) is 0 Å². The lowest BCUT2D eigenvalue weighted by Gasteiger charge is -2.36. The van der Waals surface area contributed by atoms with E-state index in [2.05, 4.69) is 22.5 Å². The summed E-state index contributed by atoms with van der Waals surface area (Å²) in [5, 5.41) is 17.1. The van der Waals surface area contributed by atoms with E-state index in [9.17, 15) is 19.5 Å². The molecule has 3 aromatic carbocycles. The van der Waals surface area contributed by atoms with Crippen LogP contribution < -0.4 is 21.1 Å². The van der Waals surface area contributed by atoms with Gasteiger partial charge in [-0.2, -0.15) is 0 Å². The first-order valence-corrected chi connectivity index (χ1v) is 20.0. The summed E-state index contributed by atoms with van der Waals surface area (Å²) in [6.45, 7) is 7.78. The quantitative estimate of drug-likeness (QED) is 0.0948. The van der Waals surface area contributed by atoms with Gasteiger partial charge in [0.25, 0.3) is 5.91 Å². The van der Waals surface area contributed by atoms with Crippen molar-refractivity contribution in [3.8, 4) is 5.75 Å². The van der Waals surface area contributed by atoms with E-state index < -0.39 is 6.04 Å². The second-order valence-corrected chi connectivity index (χ2v) is 15.5. The number of anilines is 3. The second-order valence-electron chi connectivity index (χ2n) is 14.7. The number of carbonyl (C=O) groups is 3. The minimum absolute atomic E-state index is 0.0918. The fourth-order valence-electron chi connectivity index (χ4n) is 6.58. The number of hydrogen-bond acceptors (Lipinski definition) is 8. The molecule has 0 radical (unpaired) electrons. The van der Waals surface area contributed by atoms with Crippen LogP contribution in [0.2, 0.25) is 10.0 Å². The Kier molecular flexibility index (Phi) is 17.6. The zero-order valence-electron chi connectivity index (χ0n) is 32.5. The predicted molar refractivity (Wildman–Crippen MR) is 221 cm³/mol. The highest BCUT2D eigenvalue weighted by Gasteiger charge is 2.30. The molecule has 1 aliphatic heterocycles. The number of unbranched alkanes of at least 4 members (excludes halogenated alkanes) is 2. The molecule has 1 heterocycles. The van der Waals surface area contributed by atoms with Crippen LogP contribution in [-0.4, -0.2) is 84.2 Å². The van der Waals surface area contributed by atoms with E-state index in [0.29, 0.717) is 90.3 Å². The van der Waals surface area contributed by atoms with Crippen molar-refractivity contribution in [2.75, 3.05) is 49.7 Å². The van der Waals surface area contributed by atoms with Crippen LogP contribution in [0.1, 0.15) is 88.1 Å². The van der Waals surface area contributed by atoms with Crippen molar-refractivity contribution in [1.82, 2.24) is 9.80 Å². The number of benzene rings is 3. The molecule has 5 N–H and O–H groups in total. The zero-order valence-corrected chi connectivity index (χ0v) is 34.0. The summed E-state index contributed by atoms with van der Waals surface area (Å²) in [5.74, 6) is -0.279. The van der Waals surface area contributed by atoms with E-state index >= 15 is 0 Å². The Labute approximate surface area is 335 Å². The van der Waals surface area contributed by atoms with Crippen molar-refractivity contribution in [3.05, 3.63) is 81.8 Å². The smallest absolute Gasteiger partial charge is 0.258 e. The molecule has 0 spiro atoms. The molecule has 300 valence electrons. The largest absolute Gasteiger partial charge is 0.490 e. The van der Waals surface area contributed by atoms with Gasteiger partial charge in [-0.15, -0.1) is 0 Å². The molecule has 55 heavy (non-hydrogen) atoms. The number of nitrogens with zero attached hydrogens (tertiary/aromatic N) is 2. The number of nitrogens with two attached hydrogens (primary N) is 1. The molecule has 13 heteroatoms. The fraction of sp³-hybridized carbons (Fsp3) is 0.500. The number of nitrogen functional groups attached to an aromatic ring is 1. The number of nitrogens with one attached hydrogen (secondary N) is 2. The van der Waals surface area contributed by atoms with E-state index in [-0.39, 0.29) is 48.9 Å². The number of para-hydroxylation sites is 2. The van der Waals surface area contributed by atoms with Gasteiger partial charge in [-0.1, -0.05) is 54.7 Å². The van der Waals surface area contributed by atoms with Gasteiger partial charge < -0.3 is 35.8 Å². The first-order valence-electron chi connectivity index (χ1n) is 19.2. The number of halogens is 2. The lowest BCUT2D eigenvalue weighted by Crippen LogP contribution is -2.47. The molecule has 0 unspecified atom stereocenters. The van der Waals surface area contributed by atoms with Crippen LogP contribution in [0.25, 0.3) is 0 Å². The van der Waals surface area contributed by atoms with Crippen LogP contribution in [0.5, 0.6) is 5.75 Å². The normalized spacial score (nSPS) is 18.9. The van der Waals surface area contributed by atoms with Crippen LogP contribution in [0, 0.1) is 5.92 Å². The Bertz CT molecular complexity index is 1730. The highest BCUT2D eigenvalue weighted by atomic mass is 35.5. The summed E-state index contributed by atoms with van der Waals surface area (Å²) in [6.07, 6.45) is 4.66. The molecule has 0 saturated carbocycles. The number of fused-ring (bicyclic) bond motifs is 1. The molecular formula is C42H57Cl2N5O6. The van der Waals surface area contributed by atoms with Crippen molar-refractivity contribution in [2.24, 2.45) is 5.92 Å². The van der Waals surface area contributed by atoms with Crippen LogP contribution in [0.3, 0.4) is 0 Å². The second kappa shape index (κ2) is 22.0. The molecule has 0 aliphatic carbocycles. The Hall–Kier alpha value is -3.87. The first-order chi connectivity index (χ1) is 26.3. The highest BCUT2D eigenvalue weighted by Crippen LogP contribution is 2.29. The van der Waals surface area contributed by atoms with Gasteiger partial charge in [-0.25, -0.2) is 0 Å². The number of ether oxygens (including phenoxy) is 2. The van der Waals surface area contributed by atoms with Gasteiger partial charge in [0.1, 0.15) is 5.75 Å². The first kappa shape index (κ1) is 43.9. The van der Waals surface area contributed by atoms with Crippen molar-refractivity contribution in [1.29, 1.82) is 0 Å². The van der Waals surface area contributed by atoms with Gasteiger partial charge in [0, 0.05) is 50.7 Å². The van der Waals surface area contributed by atoms with Crippen molar-refractivity contribution in [2.45, 2.75) is 96.9 Å². The molecule has 4 rings (SSSR count). The molecule has 4 atom stereocenters. The van der Waals surface area contributed by atoms with Gasteiger partial charge in [0.15, 0.2) is 0 Å². The van der Waals surface area contributed by atoms with Crippen molar-refractivity contribution < 1.29 is 29.0 Å². The van der Waals surface area contributed by atoms with Gasteiger partial charge in [-0.05, 0) is 101 Å². The number of rotatable bonds is 14. The number of likely N-dealkylation sites (N-methyl/N-ethyl adjacent to an activating group) is 1. The Morgan fingerprint density at radius 1 is 0.982 bits per heavy atom. The van der Waals surface area contributed by atoms with Gasteiger partial charge >= 0.3 is 0 Å². The third kappa shape index (κ3) is 14.0. The fourth-order valence-corrected chi connectivity index (χ4v) is 6.90. The minimum atomic E-state index is -0.493. The van der Waals surface area contributed by atoms with Crippen LogP contribution in [-0.2, 0) is 20.9 Å². The summed E-state index contributed by atoms with van der Waals surface area (Å²) in [7, 11) is 2.02. The average molecular weight is 799 g/mol. The molecule has 11 nitrogen and oxygen atoms in total. The van der Waals surface area contributed by atoms with E-state index in [1.54, 1.807) is 41.3 Å². The topological polar surface area (TPSA) is 146 Å². The standard InChI is InChI=1S/C42H57Cl2N5O6/c1-28-24-49(29(2)27-50)42(53)33-23-32(46-40(51)15-6-5-7-16-41(52)47-37-14-9-8-13-36(37)45)18-20-38(33)55-30(3)12-10-11-21-54-39(28)26-48(4)25-31-17-19-34(43)35(44)22-31/h8-9,13-14,17-20,22-23,28-30,39,50H,5-7,10-12,15-16,21,24-27,45H2,1-4H3,(H,46,51)(H,47,52)/t28-,29+,30+,39-/m0/s1. The lowest BCUT2D eigenvalue weighted by molar-refractivity contribution is -0.116. The molecule has 0 bridgehead atoms. The maximum atomic E-state index is 14.5. The van der Waals surface area contributed by atoms with Gasteiger partial charge in [-0.3, -0.25) is 19.3 Å². The Morgan fingerprint density at radius 3 is 2.42 bits per heavy atom. The number of hydrogen-bond donors (Lipinski definition) is 4. The molecular weight excluding hydrogens is 741 g/mol. The van der Waals surface area contributed by atoms with E-state index in [0.717, 1.165) is 24.8 Å². The highest BCUT2D eigenvalue weighted by molar-refractivity contribution is 6.42.